The maximum Gasteiger partial charge on any atom is 0.413 e. The van der Waals surface area contributed by atoms with E-state index in [0.717, 1.165) is 11.3 Å². The molecule has 0 atom stereocenters. The van der Waals surface area contributed by atoms with Crippen LogP contribution in [-0.4, -0.2) is 42.3 Å². The van der Waals surface area contributed by atoms with Crippen molar-refractivity contribution in [3.8, 4) is 0 Å². The number of amides is 3. The Morgan fingerprint density at radius 1 is 1.24 bits per heavy atom. The largest absolute Gasteiger partial charge is 0.465 e. The van der Waals surface area contributed by atoms with Crippen molar-refractivity contribution in [2.75, 3.05) is 14.2 Å². The fourth-order valence-corrected chi connectivity index (χ4v) is 2.09. The monoisotopic (exact) mass is 352 g/mol. The number of benzene rings is 1. The van der Waals surface area contributed by atoms with E-state index in [4.69, 9.17) is 5.11 Å². The number of carboxylic acid groups (broad SMARTS) is 1. The van der Waals surface area contributed by atoms with Gasteiger partial charge in [0.2, 0.25) is 5.91 Å². The van der Waals surface area contributed by atoms with E-state index in [-0.39, 0.29) is 12.3 Å². The van der Waals surface area contributed by atoms with Crippen LogP contribution in [0.4, 0.5) is 9.59 Å². The van der Waals surface area contributed by atoms with Gasteiger partial charge in [0.1, 0.15) is 0 Å². The Morgan fingerprint density at radius 2 is 1.80 bits per heavy atom. The van der Waals surface area contributed by atoms with Crippen LogP contribution in [0.2, 0.25) is 0 Å². The van der Waals surface area contributed by atoms with Crippen LogP contribution in [-0.2, 0) is 16.0 Å². The number of hydrogen-bond donors (Lipinski definition) is 2. The van der Waals surface area contributed by atoms with Crippen molar-refractivity contribution in [3.05, 3.63) is 34.9 Å². The van der Waals surface area contributed by atoms with Crippen LogP contribution in [0.5, 0.6) is 0 Å². The Labute approximate surface area is 148 Å². The molecular formula is C18H28N2O5. The molecule has 0 aliphatic heterocycles. The van der Waals surface area contributed by atoms with Gasteiger partial charge >= 0.3 is 12.2 Å². The van der Waals surface area contributed by atoms with Gasteiger partial charge < -0.3 is 15.6 Å². The standard InChI is InChI=1S/C16H23NO3.C2H5NO2/c1-11(2)14-9-12(3)8-13(10-14)6-5-7-15(18)17(4)16(19)20;1-5-2(3)4/h8-11H,5-7H2,1-4H3,(H,19,20);1H3,(H2,3,4). The molecular weight excluding hydrogens is 324 g/mol. The predicted molar refractivity (Wildman–Crippen MR) is 95.6 cm³/mol. The fourth-order valence-electron chi connectivity index (χ4n) is 2.09. The summed E-state index contributed by atoms with van der Waals surface area (Å²) in [6, 6.07) is 6.47. The minimum atomic E-state index is -1.20. The smallest absolute Gasteiger partial charge is 0.413 e. The lowest BCUT2D eigenvalue weighted by Crippen LogP contribution is -2.31. The first-order valence-electron chi connectivity index (χ1n) is 8.01. The van der Waals surface area contributed by atoms with Crippen LogP contribution in [0.25, 0.3) is 0 Å². The van der Waals surface area contributed by atoms with E-state index in [1.807, 2.05) is 0 Å². The molecule has 0 radical (unpaired) electrons. The van der Waals surface area contributed by atoms with Gasteiger partial charge in [0.25, 0.3) is 0 Å². The summed E-state index contributed by atoms with van der Waals surface area (Å²) >= 11 is 0. The molecule has 140 valence electrons. The summed E-state index contributed by atoms with van der Waals surface area (Å²) in [5.41, 5.74) is 8.16. The van der Waals surface area contributed by atoms with Crippen molar-refractivity contribution in [1.82, 2.24) is 4.90 Å². The van der Waals surface area contributed by atoms with Crippen LogP contribution in [0.15, 0.2) is 18.2 Å². The zero-order valence-electron chi connectivity index (χ0n) is 15.5. The molecule has 0 aromatic heterocycles. The summed E-state index contributed by atoms with van der Waals surface area (Å²) in [7, 11) is 2.51. The van der Waals surface area contributed by atoms with Crippen molar-refractivity contribution >= 4 is 18.1 Å². The Bertz CT molecular complexity index is 599. The highest BCUT2D eigenvalue weighted by Gasteiger charge is 2.14. The molecule has 3 N–H and O–H groups in total. The van der Waals surface area contributed by atoms with Gasteiger partial charge in [-0.3, -0.25) is 9.69 Å². The average molecular weight is 352 g/mol. The second-order valence-electron chi connectivity index (χ2n) is 6.02. The number of rotatable bonds is 5. The summed E-state index contributed by atoms with van der Waals surface area (Å²) in [5.74, 6) is 0.127. The molecule has 0 heterocycles. The van der Waals surface area contributed by atoms with Crippen LogP contribution in [0, 0.1) is 6.92 Å². The van der Waals surface area contributed by atoms with Gasteiger partial charge in [-0.05, 0) is 36.8 Å². The first kappa shape index (κ1) is 22.4. The lowest BCUT2D eigenvalue weighted by molar-refractivity contribution is -0.128. The SMILES string of the molecule is COC(N)=O.Cc1cc(CCCC(=O)N(C)C(=O)O)cc(C(C)C)c1. The zero-order chi connectivity index (χ0) is 19.6. The summed E-state index contributed by atoms with van der Waals surface area (Å²) < 4.78 is 3.89. The zero-order valence-corrected chi connectivity index (χ0v) is 15.5. The van der Waals surface area contributed by atoms with E-state index in [1.54, 1.807) is 0 Å². The van der Waals surface area contributed by atoms with Crippen molar-refractivity contribution in [1.29, 1.82) is 0 Å². The number of carbonyl (C=O) groups is 3. The lowest BCUT2D eigenvalue weighted by Gasteiger charge is -2.12. The molecule has 0 saturated heterocycles. The molecule has 0 spiro atoms. The first-order valence-corrected chi connectivity index (χ1v) is 8.01. The molecule has 1 aromatic rings. The molecule has 3 amide bonds. The number of hydrogen-bond acceptors (Lipinski definition) is 4. The second kappa shape index (κ2) is 11.1. The summed E-state index contributed by atoms with van der Waals surface area (Å²) in [6.45, 7) is 6.38. The van der Waals surface area contributed by atoms with E-state index in [1.165, 1.54) is 30.8 Å². The van der Waals surface area contributed by atoms with Gasteiger partial charge in [-0.1, -0.05) is 37.6 Å². The Kier molecular flexibility index (Phi) is 9.93. The molecule has 1 rings (SSSR count). The molecule has 0 unspecified atom stereocenters. The molecule has 0 bridgehead atoms. The second-order valence-corrected chi connectivity index (χ2v) is 6.02. The van der Waals surface area contributed by atoms with Crippen LogP contribution in [0.3, 0.4) is 0 Å². The van der Waals surface area contributed by atoms with Gasteiger partial charge in [0, 0.05) is 13.5 Å². The molecule has 0 aliphatic carbocycles. The first-order chi connectivity index (χ1) is 11.6. The highest BCUT2D eigenvalue weighted by molar-refractivity contribution is 5.90. The predicted octanol–water partition coefficient (Wildman–Crippen LogP) is 3.29. The number of carbonyl (C=O) groups excluding carboxylic acids is 2. The normalized spacial score (nSPS) is 9.84. The Balaban J connectivity index is 0.00000101. The van der Waals surface area contributed by atoms with Crippen LogP contribution >= 0.6 is 0 Å². The summed E-state index contributed by atoms with van der Waals surface area (Å²) in [6.07, 6.45) is -0.233. The number of nitrogens with two attached hydrogens (primary N) is 1. The third-order valence-electron chi connectivity index (χ3n) is 3.54. The van der Waals surface area contributed by atoms with Crippen LogP contribution < -0.4 is 5.73 Å². The van der Waals surface area contributed by atoms with Gasteiger partial charge in [-0.2, -0.15) is 0 Å². The Morgan fingerprint density at radius 3 is 2.24 bits per heavy atom. The highest BCUT2D eigenvalue weighted by Crippen LogP contribution is 2.19. The van der Waals surface area contributed by atoms with Crippen molar-refractivity contribution < 1.29 is 24.2 Å². The number of ether oxygens (including phenoxy) is 1. The van der Waals surface area contributed by atoms with Gasteiger partial charge in [-0.25, -0.2) is 9.59 Å². The maximum atomic E-state index is 11.6. The van der Waals surface area contributed by atoms with E-state index in [9.17, 15) is 14.4 Å². The lowest BCUT2D eigenvalue weighted by atomic mass is 9.96. The minimum Gasteiger partial charge on any atom is -0.465 e. The van der Waals surface area contributed by atoms with Gasteiger partial charge in [0.05, 0.1) is 7.11 Å². The summed E-state index contributed by atoms with van der Waals surface area (Å²) in [5, 5.41) is 8.71. The van der Waals surface area contributed by atoms with Gasteiger partial charge in [-0.15, -0.1) is 0 Å². The van der Waals surface area contributed by atoms with Crippen molar-refractivity contribution in [2.24, 2.45) is 5.73 Å². The number of nitrogens with zero attached hydrogens (tertiary/aromatic N) is 1. The number of primary amides is 1. The maximum absolute atomic E-state index is 11.6. The molecule has 0 saturated carbocycles. The number of aryl methyl sites for hydroxylation is 2. The molecule has 7 nitrogen and oxygen atoms in total. The average Bonchev–Trinajstić information content (AvgIpc) is 2.53. The molecule has 25 heavy (non-hydrogen) atoms. The van der Waals surface area contributed by atoms with E-state index in [2.05, 4.69) is 49.4 Å². The third kappa shape index (κ3) is 9.34. The topological polar surface area (TPSA) is 110 Å². The number of imide groups is 1. The number of methoxy groups -OCH3 is 1. The van der Waals surface area contributed by atoms with E-state index < -0.39 is 12.2 Å². The van der Waals surface area contributed by atoms with Crippen LogP contribution in [0.1, 0.15) is 49.3 Å². The fraction of sp³-hybridized carbons (Fsp3) is 0.500. The van der Waals surface area contributed by atoms with Crippen molar-refractivity contribution in [3.63, 3.8) is 0 Å². The van der Waals surface area contributed by atoms with Crippen molar-refractivity contribution in [2.45, 2.75) is 46.0 Å². The minimum absolute atomic E-state index is 0.258. The quantitative estimate of drug-likeness (QED) is 0.845. The molecule has 0 fully saturated rings. The third-order valence-corrected chi connectivity index (χ3v) is 3.54. The Hall–Kier alpha value is -2.57. The van der Waals surface area contributed by atoms with E-state index in [0.29, 0.717) is 12.3 Å². The van der Waals surface area contributed by atoms with E-state index >= 15 is 0 Å². The molecule has 1 aromatic carbocycles. The summed E-state index contributed by atoms with van der Waals surface area (Å²) in [4.78, 5) is 32.3. The molecule has 7 heteroatoms. The van der Waals surface area contributed by atoms with Gasteiger partial charge in [0.15, 0.2) is 0 Å². The highest BCUT2D eigenvalue weighted by atomic mass is 16.5. The molecule has 0 aliphatic rings.